The van der Waals surface area contributed by atoms with Gasteiger partial charge in [-0.15, -0.1) is 24.0 Å². The zero-order chi connectivity index (χ0) is 17.6. The highest BCUT2D eigenvalue weighted by atomic mass is 127. The second-order valence-corrected chi connectivity index (χ2v) is 10.2. The Morgan fingerprint density at radius 2 is 2.24 bits per heavy atom. The van der Waals surface area contributed by atoms with Crippen LogP contribution in [-0.4, -0.2) is 68.0 Å². The van der Waals surface area contributed by atoms with E-state index in [9.17, 15) is 8.42 Å². The van der Waals surface area contributed by atoms with Gasteiger partial charge in [-0.25, -0.2) is 8.42 Å². The van der Waals surface area contributed by atoms with Crippen molar-refractivity contribution in [2.24, 2.45) is 4.99 Å². The summed E-state index contributed by atoms with van der Waals surface area (Å²) in [5, 5.41) is 3.36. The average molecular weight is 501 g/mol. The highest BCUT2D eigenvalue weighted by Gasteiger charge is 2.40. The van der Waals surface area contributed by atoms with Crippen LogP contribution in [0.15, 0.2) is 27.8 Å². The van der Waals surface area contributed by atoms with Gasteiger partial charge in [0.15, 0.2) is 15.8 Å². The molecule has 0 saturated carbocycles. The first-order valence-corrected chi connectivity index (χ1v) is 11.2. The molecule has 9 heteroatoms. The van der Waals surface area contributed by atoms with Crippen molar-refractivity contribution in [2.75, 3.05) is 43.9 Å². The van der Waals surface area contributed by atoms with Crippen molar-refractivity contribution < 1.29 is 12.8 Å². The number of sulfone groups is 1. The molecule has 1 N–H and O–H groups in total. The third-order valence-corrected chi connectivity index (χ3v) is 7.26. The molecular weight excluding hydrogens is 473 g/mol. The molecule has 0 unspecified atom stereocenters. The highest BCUT2D eigenvalue weighted by Crippen LogP contribution is 2.23. The summed E-state index contributed by atoms with van der Waals surface area (Å²) in [7, 11) is -3.05. The first-order valence-electron chi connectivity index (χ1n) is 8.12. The molecule has 25 heavy (non-hydrogen) atoms. The van der Waals surface area contributed by atoms with Crippen molar-refractivity contribution in [1.82, 2.24) is 10.2 Å². The van der Waals surface area contributed by atoms with Gasteiger partial charge < -0.3 is 14.6 Å². The SMILES string of the molecule is CSCCN=C(NCCc1ccco1)N1CCS(=O)(=O)C(C)(C)C1.I. The van der Waals surface area contributed by atoms with Crippen LogP contribution in [0.5, 0.6) is 0 Å². The lowest BCUT2D eigenvalue weighted by molar-refractivity contribution is 0.352. The van der Waals surface area contributed by atoms with E-state index >= 15 is 0 Å². The molecule has 1 aliphatic heterocycles. The molecule has 6 nitrogen and oxygen atoms in total. The quantitative estimate of drug-likeness (QED) is 0.279. The van der Waals surface area contributed by atoms with Crippen LogP contribution in [-0.2, 0) is 16.3 Å². The van der Waals surface area contributed by atoms with Gasteiger partial charge in [0.1, 0.15) is 5.76 Å². The van der Waals surface area contributed by atoms with E-state index in [4.69, 9.17) is 4.42 Å². The van der Waals surface area contributed by atoms with E-state index in [1.165, 1.54) is 0 Å². The molecule has 0 aliphatic carbocycles. The van der Waals surface area contributed by atoms with Crippen LogP contribution in [0.1, 0.15) is 19.6 Å². The molecular formula is C16H28IN3O3S2. The predicted molar refractivity (Wildman–Crippen MR) is 116 cm³/mol. The molecule has 2 heterocycles. The minimum absolute atomic E-state index is 0. The topological polar surface area (TPSA) is 74.9 Å². The first-order chi connectivity index (χ1) is 11.4. The van der Waals surface area contributed by atoms with E-state index in [0.29, 0.717) is 26.2 Å². The Balaban J connectivity index is 0.00000312. The van der Waals surface area contributed by atoms with Crippen molar-refractivity contribution in [3.8, 4) is 0 Å². The summed E-state index contributed by atoms with van der Waals surface area (Å²) in [5.41, 5.74) is 0. The predicted octanol–water partition coefficient (Wildman–Crippen LogP) is 2.26. The maximum Gasteiger partial charge on any atom is 0.194 e. The highest BCUT2D eigenvalue weighted by molar-refractivity contribution is 14.0. The van der Waals surface area contributed by atoms with Crippen molar-refractivity contribution in [3.05, 3.63) is 24.2 Å². The van der Waals surface area contributed by atoms with Gasteiger partial charge >= 0.3 is 0 Å². The summed E-state index contributed by atoms with van der Waals surface area (Å²) >= 11 is 1.75. The van der Waals surface area contributed by atoms with Crippen LogP contribution >= 0.6 is 35.7 Å². The molecule has 1 aliphatic rings. The Kier molecular flexibility index (Phi) is 9.10. The standard InChI is InChI=1S/C16H27N3O3S2.HI/c1-16(2)13-19(9-12-24(16,20)21)15(18-8-11-23-3)17-7-6-14-5-4-10-22-14;/h4-5,10H,6-9,11-13H2,1-3H3,(H,17,18);1H. The fraction of sp³-hybridized carbons (Fsp3) is 0.688. The zero-order valence-electron chi connectivity index (χ0n) is 15.0. The molecule has 2 rings (SSSR count). The van der Waals surface area contributed by atoms with Crippen LogP contribution in [0.2, 0.25) is 0 Å². The minimum Gasteiger partial charge on any atom is -0.469 e. The normalized spacial score (nSPS) is 19.3. The van der Waals surface area contributed by atoms with E-state index < -0.39 is 14.6 Å². The average Bonchev–Trinajstić information content (AvgIpc) is 3.02. The first kappa shape index (κ1) is 22.6. The summed E-state index contributed by atoms with van der Waals surface area (Å²) in [6.07, 6.45) is 4.49. The fourth-order valence-electron chi connectivity index (χ4n) is 2.59. The number of aliphatic imine (C=N–C) groups is 1. The summed E-state index contributed by atoms with van der Waals surface area (Å²) in [5.74, 6) is 2.83. The Hall–Kier alpha value is -0.420. The fourth-order valence-corrected chi connectivity index (χ4v) is 4.23. The molecule has 144 valence electrons. The molecule has 0 amide bonds. The number of rotatable bonds is 6. The Morgan fingerprint density at radius 1 is 1.48 bits per heavy atom. The number of nitrogens with zero attached hydrogens (tertiary/aromatic N) is 2. The van der Waals surface area contributed by atoms with Gasteiger partial charge in [0.2, 0.25) is 0 Å². The van der Waals surface area contributed by atoms with E-state index in [2.05, 4.69) is 21.5 Å². The molecule has 0 radical (unpaired) electrons. The molecule has 1 saturated heterocycles. The van der Waals surface area contributed by atoms with Crippen molar-refractivity contribution >= 4 is 51.5 Å². The van der Waals surface area contributed by atoms with Crippen LogP contribution < -0.4 is 5.32 Å². The maximum absolute atomic E-state index is 12.2. The number of hydrogen-bond donors (Lipinski definition) is 1. The maximum atomic E-state index is 12.2. The largest absolute Gasteiger partial charge is 0.469 e. The lowest BCUT2D eigenvalue weighted by Gasteiger charge is -2.39. The lowest BCUT2D eigenvalue weighted by atomic mass is 10.2. The molecule has 0 atom stereocenters. The van der Waals surface area contributed by atoms with Crippen molar-refractivity contribution in [1.29, 1.82) is 0 Å². The number of hydrogen-bond acceptors (Lipinski definition) is 5. The second-order valence-electron chi connectivity index (χ2n) is 6.45. The van der Waals surface area contributed by atoms with Gasteiger partial charge in [0, 0.05) is 31.8 Å². The number of halogens is 1. The molecule has 1 aromatic heterocycles. The van der Waals surface area contributed by atoms with Crippen LogP contribution in [0.25, 0.3) is 0 Å². The van der Waals surface area contributed by atoms with Crippen LogP contribution in [0, 0.1) is 0 Å². The third-order valence-electron chi connectivity index (χ3n) is 4.13. The summed E-state index contributed by atoms with van der Waals surface area (Å²) in [4.78, 5) is 6.71. The second kappa shape index (κ2) is 10.1. The van der Waals surface area contributed by atoms with Gasteiger partial charge in [0.05, 0.1) is 23.3 Å². The number of furan rings is 1. The summed E-state index contributed by atoms with van der Waals surface area (Å²) in [6.45, 7) is 5.94. The summed E-state index contributed by atoms with van der Waals surface area (Å²) < 4.78 is 29.0. The van der Waals surface area contributed by atoms with Gasteiger partial charge in [-0.2, -0.15) is 11.8 Å². The Labute approximate surface area is 172 Å². The van der Waals surface area contributed by atoms with E-state index in [0.717, 1.165) is 23.9 Å². The van der Waals surface area contributed by atoms with Gasteiger partial charge in [-0.3, -0.25) is 4.99 Å². The number of guanidine groups is 1. The number of thioether (sulfide) groups is 1. The molecule has 0 aromatic carbocycles. The van der Waals surface area contributed by atoms with E-state index in [-0.39, 0.29) is 29.7 Å². The Bertz CT molecular complexity index is 646. The monoisotopic (exact) mass is 501 g/mol. The van der Waals surface area contributed by atoms with Crippen LogP contribution in [0.3, 0.4) is 0 Å². The minimum atomic E-state index is -3.05. The van der Waals surface area contributed by atoms with Crippen LogP contribution in [0.4, 0.5) is 0 Å². The molecule has 0 spiro atoms. The van der Waals surface area contributed by atoms with Gasteiger partial charge in [-0.05, 0) is 32.2 Å². The van der Waals surface area contributed by atoms with E-state index in [1.54, 1.807) is 31.9 Å². The van der Waals surface area contributed by atoms with Crippen molar-refractivity contribution in [2.45, 2.75) is 25.0 Å². The lowest BCUT2D eigenvalue weighted by Crippen LogP contribution is -2.57. The van der Waals surface area contributed by atoms with E-state index in [1.807, 2.05) is 12.1 Å². The van der Waals surface area contributed by atoms with Gasteiger partial charge in [-0.1, -0.05) is 0 Å². The third kappa shape index (κ3) is 6.35. The molecule has 1 aromatic rings. The summed E-state index contributed by atoms with van der Waals surface area (Å²) in [6, 6.07) is 3.82. The smallest absolute Gasteiger partial charge is 0.194 e. The van der Waals surface area contributed by atoms with Crippen molar-refractivity contribution in [3.63, 3.8) is 0 Å². The molecule has 0 bridgehead atoms. The molecule has 1 fully saturated rings. The Morgan fingerprint density at radius 3 is 2.84 bits per heavy atom. The zero-order valence-corrected chi connectivity index (χ0v) is 19.0. The number of nitrogens with one attached hydrogen (secondary N) is 1. The van der Waals surface area contributed by atoms with Gasteiger partial charge in [0.25, 0.3) is 0 Å².